The smallest absolute Gasteiger partial charge is 0.0628 e. The van der Waals surface area contributed by atoms with Crippen molar-refractivity contribution in [3.8, 4) is 11.1 Å². The fraction of sp³-hybridized carbons (Fsp3) is 0.489. The Bertz CT molecular complexity index is 1480. The van der Waals surface area contributed by atoms with Crippen LogP contribution in [0.4, 0.5) is 0 Å². The molecule has 2 unspecified atom stereocenters. The molecule has 47 heavy (non-hydrogen) atoms. The van der Waals surface area contributed by atoms with Gasteiger partial charge < -0.3 is 0 Å². The van der Waals surface area contributed by atoms with E-state index in [-0.39, 0.29) is 5.41 Å². The molecular weight excluding hydrogens is 565 g/mol. The zero-order chi connectivity index (χ0) is 33.6. The number of benzene rings is 4. The molecule has 0 aliphatic heterocycles. The molecule has 1 aliphatic carbocycles. The number of hydrogen-bond acceptors (Lipinski definition) is 0. The molecule has 4 aromatic carbocycles. The van der Waals surface area contributed by atoms with Crippen molar-refractivity contribution in [2.24, 2.45) is 23.7 Å². The lowest BCUT2D eigenvalue weighted by Crippen LogP contribution is -2.29. The van der Waals surface area contributed by atoms with Crippen molar-refractivity contribution in [3.63, 3.8) is 0 Å². The van der Waals surface area contributed by atoms with Crippen LogP contribution in [0.2, 0.25) is 0 Å². The summed E-state index contributed by atoms with van der Waals surface area (Å²) in [6, 6.07) is 33.7. The van der Waals surface area contributed by atoms with Gasteiger partial charge in [-0.05, 0) is 108 Å². The van der Waals surface area contributed by atoms with Gasteiger partial charge in [0.25, 0.3) is 0 Å². The van der Waals surface area contributed by atoms with Crippen LogP contribution >= 0.6 is 0 Å². The fourth-order valence-corrected chi connectivity index (χ4v) is 8.12. The molecule has 0 amide bonds. The van der Waals surface area contributed by atoms with Crippen molar-refractivity contribution in [1.82, 2.24) is 0 Å². The Hall–Kier alpha value is -3.12. The lowest BCUT2D eigenvalue weighted by atomic mass is 9.66. The zero-order valence-corrected chi connectivity index (χ0v) is 31.0. The maximum absolute atomic E-state index is 2.56. The monoisotopic (exact) mass is 626 g/mol. The summed E-state index contributed by atoms with van der Waals surface area (Å²) in [4.78, 5) is 0. The van der Waals surface area contributed by atoms with E-state index in [1.54, 1.807) is 0 Å². The van der Waals surface area contributed by atoms with Crippen molar-refractivity contribution in [2.75, 3.05) is 0 Å². The quantitative estimate of drug-likeness (QED) is 0.102. The molecule has 0 nitrogen and oxygen atoms in total. The van der Waals surface area contributed by atoms with E-state index in [2.05, 4.69) is 140 Å². The van der Waals surface area contributed by atoms with Crippen LogP contribution in [0.25, 0.3) is 11.1 Å². The van der Waals surface area contributed by atoms with Crippen LogP contribution in [0.5, 0.6) is 0 Å². The van der Waals surface area contributed by atoms with Crippen LogP contribution in [0, 0.1) is 37.5 Å². The summed E-state index contributed by atoms with van der Waals surface area (Å²) in [5.41, 5.74) is 13.8. The van der Waals surface area contributed by atoms with Crippen molar-refractivity contribution in [1.29, 1.82) is 0 Å². The topological polar surface area (TPSA) is 0 Å². The minimum absolute atomic E-state index is 0.333. The summed E-state index contributed by atoms with van der Waals surface area (Å²) in [5, 5.41) is 0. The van der Waals surface area contributed by atoms with E-state index in [4.69, 9.17) is 0 Å². The van der Waals surface area contributed by atoms with Crippen molar-refractivity contribution in [3.05, 3.63) is 129 Å². The minimum atomic E-state index is -0.333. The number of aryl methyl sites for hydroxylation is 4. The van der Waals surface area contributed by atoms with E-state index in [0.717, 1.165) is 36.5 Å². The Morgan fingerprint density at radius 3 is 1.30 bits per heavy atom. The highest BCUT2D eigenvalue weighted by molar-refractivity contribution is 5.86. The Morgan fingerprint density at radius 1 is 0.468 bits per heavy atom. The first kappa shape index (κ1) is 35.2. The highest BCUT2D eigenvalue weighted by Gasteiger charge is 2.46. The van der Waals surface area contributed by atoms with Crippen LogP contribution in [-0.2, 0) is 18.3 Å². The van der Waals surface area contributed by atoms with Gasteiger partial charge in [0.05, 0.1) is 5.41 Å². The molecule has 0 saturated carbocycles. The molecule has 0 heteroatoms. The maximum Gasteiger partial charge on any atom is 0.0713 e. The third kappa shape index (κ3) is 8.31. The van der Waals surface area contributed by atoms with Gasteiger partial charge in [-0.25, -0.2) is 0 Å². The number of fused-ring (bicyclic) bond motifs is 3. The summed E-state index contributed by atoms with van der Waals surface area (Å²) in [6.45, 7) is 18.8. The SMILES string of the molecule is Cc1ccc2c(c1)C(c1cccc(CCC(C)CCCC(C)C)c1)(c1cccc(CCC(C)CCCC(C)C)c1)c1cc(C)ccc1-2. The number of rotatable bonds is 16. The van der Waals surface area contributed by atoms with E-state index in [1.165, 1.54) is 107 Å². The Morgan fingerprint density at radius 2 is 0.894 bits per heavy atom. The van der Waals surface area contributed by atoms with Gasteiger partial charge in [0.2, 0.25) is 0 Å². The van der Waals surface area contributed by atoms with Gasteiger partial charge in [-0.2, -0.15) is 0 Å². The zero-order valence-electron chi connectivity index (χ0n) is 31.0. The molecule has 0 N–H and O–H groups in total. The second-order valence-corrected chi connectivity index (χ2v) is 16.2. The molecule has 1 aliphatic rings. The molecule has 0 heterocycles. The van der Waals surface area contributed by atoms with Crippen molar-refractivity contribution < 1.29 is 0 Å². The normalized spacial score (nSPS) is 14.8. The van der Waals surface area contributed by atoms with Crippen LogP contribution < -0.4 is 0 Å². The maximum atomic E-state index is 2.56. The summed E-state index contributed by atoms with van der Waals surface area (Å²) < 4.78 is 0. The van der Waals surface area contributed by atoms with E-state index in [0.29, 0.717) is 0 Å². The first-order chi connectivity index (χ1) is 22.6. The summed E-state index contributed by atoms with van der Waals surface area (Å²) in [5.74, 6) is 3.12. The largest absolute Gasteiger partial charge is 0.0713 e. The van der Waals surface area contributed by atoms with Gasteiger partial charge in [0.1, 0.15) is 0 Å². The third-order valence-electron chi connectivity index (χ3n) is 11.0. The molecular formula is C47H62. The van der Waals surface area contributed by atoms with E-state index in [9.17, 15) is 0 Å². The first-order valence-corrected chi connectivity index (χ1v) is 19.0. The highest BCUT2D eigenvalue weighted by atomic mass is 14.5. The van der Waals surface area contributed by atoms with Crippen LogP contribution in [0.3, 0.4) is 0 Å². The molecule has 5 rings (SSSR count). The predicted molar refractivity (Wildman–Crippen MR) is 206 cm³/mol. The predicted octanol–water partition coefficient (Wildman–Crippen LogP) is 13.5. The molecule has 0 spiro atoms. The fourth-order valence-electron chi connectivity index (χ4n) is 8.12. The highest BCUT2D eigenvalue weighted by Crippen LogP contribution is 2.56. The minimum Gasteiger partial charge on any atom is -0.0628 e. The average Bonchev–Trinajstić information content (AvgIpc) is 3.32. The van der Waals surface area contributed by atoms with Gasteiger partial charge >= 0.3 is 0 Å². The molecule has 0 fully saturated rings. The van der Waals surface area contributed by atoms with E-state index in [1.807, 2.05) is 0 Å². The Balaban J connectivity index is 1.54. The van der Waals surface area contributed by atoms with Gasteiger partial charge in [-0.15, -0.1) is 0 Å². The molecule has 2 atom stereocenters. The van der Waals surface area contributed by atoms with Crippen LogP contribution in [0.1, 0.15) is 137 Å². The molecule has 250 valence electrons. The molecule has 0 bridgehead atoms. The standard InChI is InChI=1S/C47H62/c1-33(2)13-9-15-35(5)21-25-39-17-11-19-41(31-39)47(42-20-12-18-40(32-42)26-22-36(6)16-10-14-34(3)4)45-29-37(7)23-27-43(45)44-28-24-38(8)30-46(44)47/h11-12,17-20,23-24,27-36H,9-10,13-16,21-22,25-26H2,1-8H3. The van der Waals surface area contributed by atoms with Crippen molar-refractivity contribution in [2.45, 2.75) is 125 Å². The second kappa shape index (κ2) is 15.9. The van der Waals surface area contributed by atoms with E-state index < -0.39 is 0 Å². The lowest BCUT2D eigenvalue weighted by molar-refractivity contribution is 0.437. The lowest BCUT2D eigenvalue weighted by Gasteiger charge is -2.35. The van der Waals surface area contributed by atoms with Gasteiger partial charge in [-0.3, -0.25) is 0 Å². The van der Waals surface area contributed by atoms with Gasteiger partial charge in [-0.1, -0.05) is 176 Å². The summed E-state index contributed by atoms with van der Waals surface area (Å²) in [7, 11) is 0. The molecule has 0 saturated heterocycles. The Labute approximate surface area is 288 Å². The molecule has 0 aromatic heterocycles. The average molecular weight is 627 g/mol. The first-order valence-electron chi connectivity index (χ1n) is 19.0. The van der Waals surface area contributed by atoms with Gasteiger partial charge in [0.15, 0.2) is 0 Å². The summed E-state index contributed by atoms with van der Waals surface area (Å²) >= 11 is 0. The van der Waals surface area contributed by atoms with Crippen molar-refractivity contribution >= 4 is 0 Å². The molecule has 4 aromatic rings. The number of hydrogen-bond donors (Lipinski definition) is 0. The second-order valence-electron chi connectivity index (χ2n) is 16.2. The molecule has 0 radical (unpaired) electrons. The van der Waals surface area contributed by atoms with Gasteiger partial charge in [0, 0.05) is 0 Å². The van der Waals surface area contributed by atoms with Crippen LogP contribution in [-0.4, -0.2) is 0 Å². The van der Waals surface area contributed by atoms with E-state index >= 15 is 0 Å². The third-order valence-corrected chi connectivity index (χ3v) is 11.0. The Kier molecular flexibility index (Phi) is 11.9. The van der Waals surface area contributed by atoms with Crippen LogP contribution in [0.15, 0.2) is 84.9 Å². The summed E-state index contributed by atoms with van der Waals surface area (Å²) in [6.07, 6.45) is 12.9.